The SMILES string of the molecule is CC(C)(C)OC(=O)N[C@@H](CC(=Nc1ccc(Oc2ccc3c(c2)CCC(c2ccccc2)O3)nc1)OC(C)(C)C)C(=O)O. The summed E-state index contributed by atoms with van der Waals surface area (Å²) in [6, 6.07) is 18.0. The number of aryl methyl sites for hydroxylation is 1. The number of carbonyl (C=O) groups excluding carboxylic acids is 1. The maximum absolute atomic E-state index is 12.2. The molecule has 2 aromatic carbocycles. The molecule has 0 spiro atoms. The van der Waals surface area contributed by atoms with Crippen LogP contribution in [-0.4, -0.2) is 45.3 Å². The van der Waals surface area contributed by atoms with Crippen LogP contribution in [0.25, 0.3) is 0 Å². The van der Waals surface area contributed by atoms with E-state index in [2.05, 4.69) is 27.4 Å². The number of hydrogen-bond donors (Lipinski definition) is 2. The van der Waals surface area contributed by atoms with Crippen LogP contribution in [0.1, 0.15) is 71.6 Å². The number of pyridine rings is 1. The molecule has 1 aliphatic heterocycles. The smallest absolute Gasteiger partial charge is 0.408 e. The van der Waals surface area contributed by atoms with Gasteiger partial charge >= 0.3 is 12.1 Å². The Morgan fingerprint density at radius 1 is 1.02 bits per heavy atom. The molecule has 1 aromatic heterocycles. The lowest BCUT2D eigenvalue weighted by atomic mass is 9.97. The number of carboxylic acid groups (broad SMARTS) is 1. The third kappa shape index (κ3) is 9.73. The topological polar surface area (TPSA) is 129 Å². The van der Waals surface area contributed by atoms with Gasteiger partial charge in [0.05, 0.1) is 18.3 Å². The fraction of sp³-hybridized carbons (Fsp3) is 0.394. The van der Waals surface area contributed by atoms with Gasteiger partial charge in [-0.05, 0) is 89.8 Å². The van der Waals surface area contributed by atoms with Crippen molar-refractivity contribution >= 4 is 23.6 Å². The lowest BCUT2D eigenvalue weighted by molar-refractivity contribution is -0.139. The predicted molar refractivity (Wildman–Crippen MR) is 162 cm³/mol. The Morgan fingerprint density at radius 3 is 2.37 bits per heavy atom. The molecule has 10 nitrogen and oxygen atoms in total. The van der Waals surface area contributed by atoms with Crippen molar-refractivity contribution in [2.75, 3.05) is 0 Å². The van der Waals surface area contributed by atoms with Crippen LogP contribution in [0.5, 0.6) is 17.4 Å². The van der Waals surface area contributed by atoms with E-state index in [1.165, 1.54) is 6.20 Å². The Balaban J connectivity index is 1.44. The van der Waals surface area contributed by atoms with Gasteiger partial charge in [0, 0.05) is 6.07 Å². The van der Waals surface area contributed by atoms with Crippen molar-refractivity contribution < 1.29 is 33.6 Å². The second-order valence-electron chi connectivity index (χ2n) is 12.2. The fourth-order valence-corrected chi connectivity index (χ4v) is 4.38. The second kappa shape index (κ2) is 13.1. The molecule has 0 bridgehead atoms. The molecule has 2 heterocycles. The van der Waals surface area contributed by atoms with Crippen LogP contribution in [-0.2, 0) is 20.7 Å². The highest BCUT2D eigenvalue weighted by Crippen LogP contribution is 2.37. The third-order valence-electron chi connectivity index (χ3n) is 6.14. The number of nitrogens with one attached hydrogen (secondary N) is 1. The molecule has 1 unspecified atom stereocenters. The summed E-state index contributed by atoms with van der Waals surface area (Å²) in [5.41, 5.74) is 1.22. The number of ether oxygens (including phenoxy) is 4. The van der Waals surface area contributed by atoms with Gasteiger partial charge in [0.25, 0.3) is 0 Å². The number of fused-ring (bicyclic) bond motifs is 1. The van der Waals surface area contributed by atoms with Crippen molar-refractivity contribution in [3.8, 4) is 17.4 Å². The molecule has 1 amide bonds. The zero-order chi connectivity index (χ0) is 31.2. The average Bonchev–Trinajstić information content (AvgIpc) is 2.92. The second-order valence-corrected chi connectivity index (χ2v) is 12.2. The van der Waals surface area contributed by atoms with Crippen LogP contribution in [0.4, 0.5) is 10.5 Å². The summed E-state index contributed by atoms with van der Waals surface area (Å²) in [4.78, 5) is 33.0. The lowest BCUT2D eigenvalue weighted by Gasteiger charge is -2.26. The van der Waals surface area contributed by atoms with E-state index in [1.54, 1.807) is 32.9 Å². The number of benzene rings is 2. The molecule has 2 atom stereocenters. The molecule has 1 aliphatic rings. The Labute approximate surface area is 252 Å². The molecule has 0 saturated carbocycles. The van der Waals surface area contributed by atoms with Gasteiger partial charge in [0.15, 0.2) is 5.90 Å². The number of alkyl carbamates (subject to hydrolysis) is 1. The van der Waals surface area contributed by atoms with Crippen molar-refractivity contribution in [2.24, 2.45) is 4.99 Å². The minimum Gasteiger partial charge on any atom is -0.485 e. The highest BCUT2D eigenvalue weighted by Gasteiger charge is 2.28. The van der Waals surface area contributed by atoms with Crippen molar-refractivity contribution in [3.05, 3.63) is 78.0 Å². The third-order valence-corrected chi connectivity index (χ3v) is 6.14. The molecule has 0 aliphatic carbocycles. The molecule has 2 N–H and O–H groups in total. The normalized spacial score (nSPS) is 15.9. The van der Waals surface area contributed by atoms with Gasteiger partial charge in [0.1, 0.15) is 34.8 Å². The van der Waals surface area contributed by atoms with Gasteiger partial charge in [-0.3, -0.25) is 0 Å². The van der Waals surface area contributed by atoms with E-state index in [1.807, 2.05) is 57.2 Å². The monoisotopic (exact) mass is 589 g/mol. The summed E-state index contributed by atoms with van der Waals surface area (Å²) in [6.07, 6.45) is 2.23. The molecule has 0 fully saturated rings. The molecular formula is C33H39N3O7. The van der Waals surface area contributed by atoms with Crippen LogP contribution < -0.4 is 14.8 Å². The Morgan fingerprint density at radius 2 is 1.74 bits per heavy atom. The Hall–Kier alpha value is -4.60. The number of carboxylic acids is 1. The van der Waals surface area contributed by atoms with Gasteiger partial charge in [-0.15, -0.1) is 0 Å². The van der Waals surface area contributed by atoms with E-state index in [4.69, 9.17) is 18.9 Å². The number of hydrogen-bond acceptors (Lipinski definition) is 8. The van der Waals surface area contributed by atoms with E-state index in [9.17, 15) is 14.7 Å². The zero-order valence-electron chi connectivity index (χ0n) is 25.4. The molecule has 3 aromatic rings. The first-order chi connectivity index (χ1) is 20.2. The largest absolute Gasteiger partial charge is 0.485 e. The minimum absolute atomic E-state index is 0.0289. The van der Waals surface area contributed by atoms with E-state index < -0.39 is 29.3 Å². The van der Waals surface area contributed by atoms with E-state index in [0.29, 0.717) is 17.3 Å². The number of aliphatic carboxylic acids is 1. The van der Waals surface area contributed by atoms with Crippen molar-refractivity contribution in [3.63, 3.8) is 0 Å². The summed E-state index contributed by atoms with van der Waals surface area (Å²) in [5, 5.41) is 12.1. The van der Waals surface area contributed by atoms with Crippen LogP contribution >= 0.6 is 0 Å². The molecular weight excluding hydrogens is 550 g/mol. The van der Waals surface area contributed by atoms with Crippen LogP contribution in [0.2, 0.25) is 0 Å². The summed E-state index contributed by atoms with van der Waals surface area (Å²) >= 11 is 0. The average molecular weight is 590 g/mol. The quantitative estimate of drug-likeness (QED) is 0.209. The molecule has 10 heteroatoms. The minimum atomic E-state index is -1.32. The van der Waals surface area contributed by atoms with Gasteiger partial charge in [0.2, 0.25) is 5.88 Å². The number of aliphatic imine (C=N–C) groups is 1. The van der Waals surface area contributed by atoms with Gasteiger partial charge in [-0.2, -0.15) is 0 Å². The van der Waals surface area contributed by atoms with Crippen LogP contribution in [0, 0.1) is 0 Å². The predicted octanol–water partition coefficient (Wildman–Crippen LogP) is 7.15. The maximum Gasteiger partial charge on any atom is 0.408 e. The first-order valence-electron chi connectivity index (χ1n) is 14.2. The fourth-order valence-electron chi connectivity index (χ4n) is 4.38. The summed E-state index contributed by atoms with van der Waals surface area (Å²) in [6.45, 7) is 10.5. The Bertz CT molecular complexity index is 1440. The zero-order valence-corrected chi connectivity index (χ0v) is 25.4. The molecule has 43 heavy (non-hydrogen) atoms. The van der Waals surface area contributed by atoms with Gasteiger partial charge < -0.3 is 29.4 Å². The first kappa shape index (κ1) is 31.3. The molecule has 0 saturated heterocycles. The van der Waals surface area contributed by atoms with E-state index >= 15 is 0 Å². The summed E-state index contributed by atoms with van der Waals surface area (Å²) < 4.78 is 23.4. The first-order valence-corrected chi connectivity index (χ1v) is 14.2. The lowest BCUT2D eigenvalue weighted by Crippen LogP contribution is -2.45. The molecule has 0 radical (unpaired) electrons. The maximum atomic E-state index is 12.2. The summed E-state index contributed by atoms with van der Waals surface area (Å²) in [5.74, 6) is 0.723. The number of nitrogens with zero attached hydrogens (tertiary/aromatic N) is 2. The van der Waals surface area contributed by atoms with Crippen LogP contribution in [0.15, 0.2) is 71.9 Å². The number of amides is 1. The van der Waals surface area contributed by atoms with E-state index in [-0.39, 0.29) is 18.4 Å². The Kier molecular flexibility index (Phi) is 9.58. The van der Waals surface area contributed by atoms with Crippen LogP contribution in [0.3, 0.4) is 0 Å². The molecule has 4 rings (SSSR count). The number of rotatable bonds is 8. The van der Waals surface area contributed by atoms with Crippen molar-refractivity contribution in [1.82, 2.24) is 10.3 Å². The number of carbonyl (C=O) groups is 2. The molecule has 228 valence electrons. The number of aromatic nitrogens is 1. The van der Waals surface area contributed by atoms with Gasteiger partial charge in [-0.1, -0.05) is 30.3 Å². The van der Waals surface area contributed by atoms with E-state index in [0.717, 1.165) is 29.7 Å². The highest BCUT2D eigenvalue weighted by atomic mass is 16.6. The van der Waals surface area contributed by atoms with Gasteiger partial charge in [-0.25, -0.2) is 19.6 Å². The summed E-state index contributed by atoms with van der Waals surface area (Å²) in [7, 11) is 0. The standard InChI is InChI=1S/C33H39N3O7/c1-32(2,3)42-29(19-25(30(37)38)36-31(39)43-33(4,5)6)35-23-13-17-28(34-20-23)40-24-14-16-27-22(18-24)12-15-26(41-27)21-10-8-7-9-11-21/h7-11,13-14,16-18,20,25-26H,12,15,19H2,1-6H3,(H,36,39)(H,37,38)/t25-,26?/m0/s1. The highest BCUT2D eigenvalue weighted by molar-refractivity contribution is 5.88. The van der Waals surface area contributed by atoms with Crippen molar-refractivity contribution in [2.45, 2.75) is 84.2 Å². The van der Waals surface area contributed by atoms with Crippen molar-refractivity contribution in [1.29, 1.82) is 0 Å².